The molecular formula is C14H20N4. The van der Waals surface area contributed by atoms with Crippen LogP contribution >= 0.6 is 0 Å². The van der Waals surface area contributed by atoms with Crippen molar-refractivity contribution in [3.05, 3.63) is 47.0 Å². The predicted octanol–water partition coefficient (Wildman–Crippen LogP) is 1.64. The van der Waals surface area contributed by atoms with Gasteiger partial charge in [0.15, 0.2) is 0 Å². The quantitative estimate of drug-likeness (QED) is 0.870. The molecule has 2 N–H and O–H groups in total. The second kappa shape index (κ2) is 5.78. The molecular weight excluding hydrogens is 224 g/mol. The molecule has 2 aromatic rings. The van der Waals surface area contributed by atoms with E-state index < -0.39 is 0 Å². The fourth-order valence-corrected chi connectivity index (χ4v) is 2.24. The second-order valence-electron chi connectivity index (χ2n) is 4.52. The van der Waals surface area contributed by atoms with Crippen LogP contribution in [0.5, 0.6) is 0 Å². The molecule has 0 saturated carbocycles. The standard InChI is InChI=1S/C14H20N4/c1-11-14(3-7-15)12(2)18(17-11)10-6-13-4-8-16-9-5-13/h4-5,8-9H,3,6-7,10,15H2,1-2H3. The third-order valence-electron chi connectivity index (χ3n) is 3.29. The van der Waals surface area contributed by atoms with E-state index in [0.717, 1.165) is 25.1 Å². The third kappa shape index (κ3) is 2.76. The Hall–Kier alpha value is -1.68. The normalized spacial score (nSPS) is 10.8. The zero-order valence-electron chi connectivity index (χ0n) is 11.1. The highest BCUT2D eigenvalue weighted by molar-refractivity contribution is 5.25. The van der Waals surface area contributed by atoms with E-state index in [1.54, 1.807) is 0 Å². The lowest BCUT2D eigenvalue weighted by Gasteiger charge is -2.05. The van der Waals surface area contributed by atoms with Crippen LogP contribution in [0.15, 0.2) is 24.5 Å². The monoisotopic (exact) mass is 244 g/mol. The third-order valence-corrected chi connectivity index (χ3v) is 3.29. The lowest BCUT2D eigenvalue weighted by atomic mass is 10.1. The first-order valence-corrected chi connectivity index (χ1v) is 6.34. The molecule has 0 aromatic carbocycles. The van der Waals surface area contributed by atoms with Crippen molar-refractivity contribution in [2.24, 2.45) is 5.73 Å². The Morgan fingerprint density at radius 1 is 1.17 bits per heavy atom. The molecule has 96 valence electrons. The van der Waals surface area contributed by atoms with Crippen molar-refractivity contribution in [3.63, 3.8) is 0 Å². The number of aryl methyl sites for hydroxylation is 3. The van der Waals surface area contributed by atoms with Crippen molar-refractivity contribution >= 4 is 0 Å². The van der Waals surface area contributed by atoms with Gasteiger partial charge in [0.2, 0.25) is 0 Å². The van der Waals surface area contributed by atoms with Gasteiger partial charge in [-0.25, -0.2) is 0 Å². The molecule has 0 spiro atoms. The minimum Gasteiger partial charge on any atom is -0.330 e. The SMILES string of the molecule is Cc1nn(CCc2ccncc2)c(C)c1CCN. The molecule has 4 nitrogen and oxygen atoms in total. The van der Waals surface area contributed by atoms with E-state index in [1.165, 1.54) is 16.8 Å². The van der Waals surface area contributed by atoms with Crippen LogP contribution in [-0.4, -0.2) is 21.3 Å². The molecule has 0 saturated heterocycles. The summed E-state index contributed by atoms with van der Waals surface area (Å²) in [6.45, 7) is 5.76. The van der Waals surface area contributed by atoms with Crippen molar-refractivity contribution in [2.45, 2.75) is 33.2 Å². The van der Waals surface area contributed by atoms with Gasteiger partial charge in [0.25, 0.3) is 0 Å². The highest BCUT2D eigenvalue weighted by Gasteiger charge is 2.10. The van der Waals surface area contributed by atoms with Crippen LogP contribution in [-0.2, 0) is 19.4 Å². The first-order valence-electron chi connectivity index (χ1n) is 6.34. The van der Waals surface area contributed by atoms with Gasteiger partial charge < -0.3 is 5.73 Å². The van der Waals surface area contributed by atoms with E-state index in [2.05, 4.69) is 28.6 Å². The maximum Gasteiger partial charge on any atom is 0.0628 e. The fourth-order valence-electron chi connectivity index (χ4n) is 2.24. The number of hydrogen-bond acceptors (Lipinski definition) is 3. The molecule has 4 heteroatoms. The van der Waals surface area contributed by atoms with Crippen molar-refractivity contribution in [1.82, 2.24) is 14.8 Å². The summed E-state index contributed by atoms with van der Waals surface area (Å²) in [5.74, 6) is 0. The highest BCUT2D eigenvalue weighted by atomic mass is 15.3. The summed E-state index contributed by atoms with van der Waals surface area (Å²) >= 11 is 0. The van der Waals surface area contributed by atoms with Gasteiger partial charge in [0.05, 0.1) is 5.69 Å². The van der Waals surface area contributed by atoms with Crippen LogP contribution in [0.25, 0.3) is 0 Å². The van der Waals surface area contributed by atoms with Gasteiger partial charge in [-0.2, -0.15) is 5.10 Å². The molecule has 0 aliphatic heterocycles. The summed E-state index contributed by atoms with van der Waals surface area (Å²) < 4.78 is 2.08. The van der Waals surface area contributed by atoms with Gasteiger partial charge in [-0.15, -0.1) is 0 Å². The molecule has 0 fully saturated rings. The molecule has 0 aliphatic carbocycles. The molecule has 0 radical (unpaired) electrons. The Morgan fingerprint density at radius 3 is 2.56 bits per heavy atom. The number of pyridine rings is 1. The van der Waals surface area contributed by atoms with Crippen molar-refractivity contribution in [3.8, 4) is 0 Å². The first-order chi connectivity index (χ1) is 8.72. The number of nitrogens with two attached hydrogens (primary N) is 1. The van der Waals surface area contributed by atoms with Gasteiger partial charge in [0, 0.05) is 24.6 Å². The Kier molecular flexibility index (Phi) is 4.10. The Morgan fingerprint density at radius 2 is 1.89 bits per heavy atom. The number of hydrogen-bond donors (Lipinski definition) is 1. The minimum absolute atomic E-state index is 0.678. The lowest BCUT2D eigenvalue weighted by molar-refractivity contribution is 0.593. The van der Waals surface area contributed by atoms with Crippen molar-refractivity contribution < 1.29 is 0 Å². The summed E-state index contributed by atoms with van der Waals surface area (Å²) in [7, 11) is 0. The summed E-state index contributed by atoms with van der Waals surface area (Å²) in [5, 5.41) is 4.59. The summed E-state index contributed by atoms with van der Waals surface area (Å²) in [4.78, 5) is 4.02. The lowest BCUT2D eigenvalue weighted by Crippen LogP contribution is -2.07. The highest BCUT2D eigenvalue weighted by Crippen LogP contribution is 2.14. The maximum atomic E-state index is 5.63. The van der Waals surface area contributed by atoms with Crippen molar-refractivity contribution in [2.75, 3.05) is 6.54 Å². The first kappa shape index (κ1) is 12.8. The second-order valence-corrected chi connectivity index (χ2v) is 4.52. The van der Waals surface area contributed by atoms with E-state index in [4.69, 9.17) is 5.73 Å². The molecule has 0 atom stereocenters. The molecule has 0 unspecified atom stereocenters. The molecule has 0 amide bonds. The number of aromatic nitrogens is 3. The number of rotatable bonds is 5. The van der Waals surface area contributed by atoms with E-state index >= 15 is 0 Å². The van der Waals surface area contributed by atoms with Crippen LogP contribution in [0.2, 0.25) is 0 Å². The fraction of sp³-hybridized carbons (Fsp3) is 0.429. The molecule has 2 rings (SSSR count). The zero-order chi connectivity index (χ0) is 13.0. The average Bonchev–Trinajstić information content (AvgIpc) is 2.66. The van der Waals surface area contributed by atoms with Gasteiger partial charge in [0.1, 0.15) is 0 Å². The molecule has 2 heterocycles. The zero-order valence-corrected chi connectivity index (χ0v) is 11.1. The maximum absolute atomic E-state index is 5.63. The van der Waals surface area contributed by atoms with Gasteiger partial charge in [-0.05, 0) is 56.5 Å². The van der Waals surface area contributed by atoms with Crippen LogP contribution in [0.4, 0.5) is 0 Å². The van der Waals surface area contributed by atoms with Crippen LogP contribution < -0.4 is 5.73 Å². The predicted molar refractivity (Wildman–Crippen MR) is 72.4 cm³/mol. The van der Waals surface area contributed by atoms with Crippen LogP contribution in [0.3, 0.4) is 0 Å². The van der Waals surface area contributed by atoms with E-state index in [-0.39, 0.29) is 0 Å². The van der Waals surface area contributed by atoms with Gasteiger partial charge >= 0.3 is 0 Å². The van der Waals surface area contributed by atoms with E-state index in [9.17, 15) is 0 Å². The molecule has 18 heavy (non-hydrogen) atoms. The Balaban J connectivity index is 2.08. The van der Waals surface area contributed by atoms with Crippen molar-refractivity contribution in [1.29, 1.82) is 0 Å². The van der Waals surface area contributed by atoms with Gasteiger partial charge in [-0.3, -0.25) is 9.67 Å². The smallest absolute Gasteiger partial charge is 0.0628 e. The topological polar surface area (TPSA) is 56.7 Å². The molecule has 2 aromatic heterocycles. The molecule has 0 aliphatic rings. The van der Waals surface area contributed by atoms with E-state index in [1.807, 2.05) is 24.5 Å². The van der Waals surface area contributed by atoms with E-state index in [0.29, 0.717) is 6.54 Å². The Bertz CT molecular complexity index is 502. The summed E-state index contributed by atoms with van der Waals surface area (Å²) in [5.41, 5.74) is 10.6. The largest absolute Gasteiger partial charge is 0.330 e. The van der Waals surface area contributed by atoms with Crippen LogP contribution in [0.1, 0.15) is 22.5 Å². The van der Waals surface area contributed by atoms with Gasteiger partial charge in [-0.1, -0.05) is 0 Å². The average molecular weight is 244 g/mol. The minimum atomic E-state index is 0.678. The summed E-state index contributed by atoms with van der Waals surface area (Å²) in [6.07, 6.45) is 5.55. The van der Waals surface area contributed by atoms with Crippen LogP contribution in [0, 0.1) is 13.8 Å². The molecule has 0 bridgehead atoms. The number of nitrogens with zero attached hydrogens (tertiary/aromatic N) is 3. The Labute approximate surface area is 108 Å². The summed E-state index contributed by atoms with van der Waals surface area (Å²) in [6, 6.07) is 4.10.